The number of hydrogen-bond donors (Lipinski definition) is 3. The number of benzene rings is 1. The number of nitrogens with two attached hydrogens (primary N) is 1. The molecule has 7 heteroatoms. The number of nitrogens with zero attached hydrogens (tertiary/aromatic N) is 1. The molecule has 0 aliphatic heterocycles. The minimum atomic E-state index is -0.507. The van der Waals surface area contributed by atoms with Crippen LogP contribution in [0.2, 0.25) is 0 Å². The molecule has 0 aliphatic carbocycles. The molecule has 4 N–H and O–H groups in total. The summed E-state index contributed by atoms with van der Waals surface area (Å²) in [4.78, 5) is 17.9. The number of oxazole rings is 2. The molecule has 7 nitrogen and oxygen atoms in total. The molecular formula is C13H14N4O3. The molecule has 2 aromatic heterocycles. The Bertz CT molecular complexity index is 814. The van der Waals surface area contributed by atoms with Crippen molar-refractivity contribution in [2.75, 3.05) is 11.1 Å². The van der Waals surface area contributed by atoms with E-state index in [4.69, 9.17) is 14.6 Å². The van der Waals surface area contributed by atoms with Gasteiger partial charge in [-0.3, -0.25) is 4.98 Å². The molecule has 104 valence electrons. The van der Waals surface area contributed by atoms with Gasteiger partial charge < -0.3 is 19.9 Å². The third-order valence-electron chi connectivity index (χ3n) is 2.97. The van der Waals surface area contributed by atoms with Gasteiger partial charge in [-0.1, -0.05) is 0 Å². The minimum Gasteiger partial charge on any atom is -0.444 e. The molecule has 0 radical (unpaired) electrons. The Balaban J connectivity index is 1.93. The zero-order valence-electron chi connectivity index (χ0n) is 11.1. The number of rotatable bonds is 3. The topological polar surface area (TPSA) is 110 Å². The molecule has 2 heterocycles. The zero-order chi connectivity index (χ0) is 14.3. The van der Waals surface area contributed by atoms with E-state index in [1.54, 1.807) is 18.3 Å². The number of anilines is 2. The number of aromatic nitrogens is 2. The van der Waals surface area contributed by atoms with Crippen LogP contribution in [-0.2, 0) is 0 Å². The van der Waals surface area contributed by atoms with Gasteiger partial charge >= 0.3 is 5.76 Å². The summed E-state index contributed by atoms with van der Waals surface area (Å²) in [5.74, 6) is 0.812. The molecule has 0 fully saturated rings. The Hall–Kier alpha value is -2.70. The fourth-order valence-corrected chi connectivity index (χ4v) is 2.01. The van der Waals surface area contributed by atoms with Crippen LogP contribution in [0.25, 0.3) is 11.1 Å². The standard InChI is InChI=1S/C13H14N4O3/c1-6-5-15-12(19-6)7(2)16-9-4-10-11(3-8(9)14)20-13(18)17-10/h3-5,7,16H,14H2,1-2H3,(H,17,18). The van der Waals surface area contributed by atoms with Crippen LogP contribution in [0.4, 0.5) is 11.4 Å². The molecule has 20 heavy (non-hydrogen) atoms. The summed E-state index contributed by atoms with van der Waals surface area (Å²) in [7, 11) is 0. The molecule has 0 aliphatic rings. The van der Waals surface area contributed by atoms with E-state index in [2.05, 4.69) is 15.3 Å². The third-order valence-corrected chi connectivity index (χ3v) is 2.97. The molecule has 0 saturated carbocycles. The van der Waals surface area contributed by atoms with Gasteiger partial charge in [-0.15, -0.1) is 0 Å². The number of fused-ring (bicyclic) bond motifs is 1. The van der Waals surface area contributed by atoms with Gasteiger partial charge in [0.2, 0.25) is 5.89 Å². The van der Waals surface area contributed by atoms with Gasteiger partial charge in [0.1, 0.15) is 11.8 Å². The fourth-order valence-electron chi connectivity index (χ4n) is 2.01. The predicted octanol–water partition coefficient (Wildman–Crippen LogP) is 2.17. The van der Waals surface area contributed by atoms with E-state index in [1.165, 1.54) is 0 Å². The Morgan fingerprint density at radius 2 is 2.20 bits per heavy atom. The van der Waals surface area contributed by atoms with Crippen LogP contribution in [0, 0.1) is 6.92 Å². The number of aromatic amines is 1. The average Bonchev–Trinajstić information content (AvgIpc) is 2.95. The first-order chi connectivity index (χ1) is 9.52. The molecule has 0 saturated heterocycles. The van der Waals surface area contributed by atoms with Crippen molar-refractivity contribution >= 4 is 22.5 Å². The lowest BCUT2D eigenvalue weighted by Crippen LogP contribution is -2.08. The monoisotopic (exact) mass is 274 g/mol. The lowest BCUT2D eigenvalue weighted by atomic mass is 10.2. The van der Waals surface area contributed by atoms with Crippen molar-refractivity contribution < 1.29 is 8.83 Å². The van der Waals surface area contributed by atoms with Crippen LogP contribution >= 0.6 is 0 Å². The van der Waals surface area contributed by atoms with Gasteiger partial charge in [0, 0.05) is 6.07 Å². The fraction of sp³-hybridized carbons (Fsp3) is 0.231. The van der Waals surface area contributed by atoms with Crippen LogP contribution in [0.3, 0.4) is 0 Å². The van der Waals surface area contributed by atoms with Crippen molar-refractivity contribution in [3.63, 3.8) is 0 Å². The Kier molecular flexibility index (Phi) is 2.74. The molecule has 3 rings (SSSR count). The second-order valence-electron chi connectivity index (χ2n) is 4.63. The third kappa shape index (κ3) is 2.13. The Morgan fingerprint density at radius 3 is 2.90 bits per heavy atom. The molecule has 0 amide bonds. The van der Waals surface area contributed by atoms with Gasteiger partial charge in [-0.25, -0.2) is 9.78 Å². The van der Waals surface area contributed by atoms with E-state index < -0.39 is 5.76 Å². The van der Waals surface area contributed by atoms with E-state index in [-0.39, 0.29) is 6.04 Å². The number of aryl methyl sites for hydroxylation is 1. The highest BCUT2D eigenvalue weighted by Gasteiger charge is 2.14. The second kappa shape index (κ2) is 4.44. The summed E-state index contributed by atoms with van der Waals surface area (Å²) in [6.07, 6.45) is 1.66. The quantitative estimate of drug-likeness (QED) is 0.631. The van der Waals surface area contributed by atoms with Crippen LogP contribution in [0.5, 0.6) is 0 Å². The summed E-state index contributed by atoms with van der Waals surface area (Å²) in [5.41, 5.74) is 8.11. The number of nitrogens with one attached hydrogen (secondary N) is 2. The Labute approximate surface area is 113 Å². The van der Waals surface area contributed by atoms with E-state index in [0.29, 0.717) is 28.4 Å². The van der Waals surface area contributed by atoms with E-state index in [9.17, 15) is 4.79 Å². The maximum Gasteiger partial charge on any atom is 0.417 e. The number of hydrogen-bond acceptors (Lipinski definition) is 6. The van der Waals surface area contributed by atoms with Crippen LogP contribution in [0.1, 0.15) is 24.6 Å². The van der Waals surface area contributed by atoms with Crippen molar-refractivity contribution in [1.29, 1.82) is 0 Å². The first-order valence-corrected chi connectivity index (χ1v) is 6.14. The summed E-state index contributed by atoms with van der Waals surface area (Å²) in [6.45, 7) is 3.74. The predicted molar refractivity (Wildman–Crippen MR) is 74.5 cm³/mol. The molecule has 0 spiro atoms. The highest BCUT2D eigenvalue weighted by molar-refractivity contribution is 5.85. The van der Waals surface area contributed by atoms with Crippen molar-refractivity contribution in [1.82, 2.24) is 9.97 Å². The van der Waals surface area contributed by atoms with Crippen molar-refractivity contribution in [3.05, 3.63) is 40.5 Å². The SMILES string of the molecule is Cc1cnc(C(C)Nc2cc3[nH]c(=O)oc3cc2N)o1. The molecule has 0 bridgehead atoms. The van der Waals surface area contributed by atoms with Gasteiger partial charge in [-0.05, 0) is 19.9 Å². The number of nitrogen functional groups attached to an aromatic ring is 1. The van der Waals surface area contributed by atoms with Crippen molar-refractivity contribution in [2.45, 2.75) is 19.9 Å². The van der Waals surface area contributed by atoms with Gasteiger partial charge in [0.25, 0.3) is 0 Å². The summed E-state index contributed by atoms with van der Waals surface area (Å²) < 4.78 is 10.4. The highest BCUT2D eigenvalue weighted by Crippen LogP contribution is 2.27. The molecule has 1 unspecified atom stereocenters. The highest BCUT2D eigenvalue weighted by atomic mass is 16.4. The van der Waals surface area contributed by atoms with Crippen molar-refractivity contribution in [3.8, 4) is 0 Å². The normalized spacial score (nSPS) is 12.7. The Morgan fingerprint density at radius 1 is 1.40 bits per heavy atom. The van der Waals surface area contributed by atoms with E-state index in [0.717, 1.165) is 5.76 Å². The smallest absolute Gasteiger partial charge is 0.417 e. The average molecular weight is 274 g/mol. The summed E-state index contributed by atoms with van der Waals surface area (Å²) >= 11 is 0. The zero-order valence-corrected chi connectivity index (χ0v) is 11.1. The summed E-state index contributed by atoms with van der Waals surface area (Å²) in [5, 5.41) is 3.20. The molecule has 1 aromatic carbocycles. The molecule has 1 atom stereocenters. The lowest BCUT2D eigenvalue weighted by Gasteiger charge is -2.13. The van der Waals surface area contributed by atoms with E-state index in [1.807, 2.05) is 13.8 Å². The maximum atomic E-state index is 11.1. The van der Waals surface area contributed by atoms with Gasteiger partial charge in [-0.2, -0.15) is 0 Å². The maximum absolute atomic E-state index is 11.1. The van der Waals surface area contributed by atoms with Gasteiger partial charge in [0.15, 0.2) is 5.58 Å². The lowest BCUT2D eigenvalue weighted by molar-refractivity contribution is 0.454. The molecular weight excluding hydrogens is 260 g/mol. The van der Waals surface area contributed by atoms with Crippen LogP contribution in [-0.4, -0.2) is 9.97 Å². The number of H-pyrrole nitrogens is 1. The van der Waals surface area contributed by atoms with Crippen LogP contribution < -0.4 is 16.8 Å². The van der Waals surface area contributed by atoms with E-state index >= 15 is 0 Å². The van der Waals surface area contributed by atoms with Gasteiger partial charge in [0.05, 0.1) is 23.1 Å². The largest absolute Gasteiger partial charge is 0.444 e. The molecule has 3 aromatic rings. The summed E-state index contributed by atoms with van der Waals surface area (Å²) in [6, 6.07) is 3.17. The minimum absolute atomic E-state index is 0.151. The first kappa shape index (κ1) is 12.3. The second-order valence-corrected chi connectivity index (χ2v) is 4.63. The van der Waals surface area contributed by atoms with Crippen molar-refractivity contribution in [2.24, 2.45) is 0 Å². The first-order valence-electron chi connectivity index (χ1n) is 6.14. The van der Waals surface area contributed by atoms with Crippen LogP contribution in [0.15, 0.2) is 32.0 Å².